The molecule has 23 heavy (non-hydrogen) atoms. The van der Waals surface area contributed by atoms with Gasteiger partial charge in [-0.2, -0.15) is 5.10 Å². The highest BCUT2D eigenvalue weighted by molar-refractivity contribution is 5.93. The Morgan fingerprint density at radius 3 is 2.65 bits per heavy atom. The molecule has 2 N–H and O–H groups in total. The van der Waals surface area contributed by atoms with Crippen molar-refractivity contribution in [1.29, 1.82) is 0 Å². The molecule has 1 aromatic heterocycles. The molecule has 0 radical (unpaired) electrons. The van der Waals surface area contributed by atoms with Crippen molar-refractivity contribution in [3.05, 3.63) is 17.5 Å². The fourth-order valence-corrected chi connectivity index (χ4v) is 3.10. The molecule has 7 nitrogen and oxygen atoms in total. The normalized spacial score (nSPS) is 21.7. The summed E-state index contributed by atoms with van der Waals surface area (Å²) in [5.74, 6) is 0.0496. The highest BCUT2D eigenvalue weighted by atomic mass is 16.2. The van der Waals surface area contributed by atoms with Gasteiger partial charge in [-0.15, -0.1) is 0 Å². The Labute approximate surface area is 137 Å². The van der Waals surface area contributed by atoms with E-state index in [-0.39, 0.29) is 23.8 Å². The highest BCUT2D eigenvalue weighted by Crippen LogP contribution is 2.17. The topological polar surface area (TPSA) is 79.3 Å². The minimum atomic E-state index is -0.225. The van der Waals surface area contributed by atoms with Crippen molar-refractivity contribution in [2.75, 3.05) is 27.2 Å². The lowest BCUT2D eigenvalue weighted by molar-refractivity contribution is -0.124. The molecule has 0 unspecified atom stereocenters. The van der Waals surface area contributed by atoms with Gasteiger partial charge >= 0.3 is 0 Å². The number of likely N-dealkylation sites (tertiary alicyclic amines) is 1. The van der Waals surface area contributed by atoms with Crippen molar-refractivity contribution < 1.29 is 9.59 Å². The molecular formula is C16H27N5O2. The van der Waals surface area contributed by atoms with E-state index in [0.29, 0.717) is 24.7 Å². The van der Waals surface area contributed by atoms with Crippen LogP contribution in [0.25, 0.3) is 0 Å². The molecule has 0 aliphatic carbocycles. The van der Waals surface area contributed by atoms with Crippen LogP contribution in [0, 0.1) is 11.8 Å². The molecule has 0 spiro atoms. The van der Waals surface area contributed by atoms with Gasteiger partial charge in [0.1, 0.15) is 5.69 Å². The van der Waals surface area contributed by atoms with Gasteiger partial charge in [0.2, 0.25) is 5.91 Å². The summed E-state index contributed by atoms with van der Waals surface area (Å²) in [6, 6.07) is 1.65. The van der Waals surface area contributed by atoms with Crippen LogP contribution in [0.4, 0.5) is 0 Å². The van der Waals surface area contributed by atoms with E-state index in [2.05, 4.69) is 34.5 Å². The maximum absolute atomic E-state index is 12.6. The van der Waals surface area contributed by atoms with E-state index in [4.69, 9.17) is 0 Å². The SMILES string of the molecule is CNC(=O)[C@@H]1CN(C)C[C@@H]1NC(=O)c1cc(CC(C)C)nn1C. The summed E-state index contributed by atoms with van der Waals surface area (Å²) in [6.07, 6.45) is 0.841. The van der Waals surface area contributed by atoms with Gasteiger partial charge in [0, 0.05) is 27.2 Å². The second kappa shape index (κ2) is 7.12. The predicted octanol–water partition coefficient (Wildman–Crippen LogP) is 0.0246. The van der Waals surface area contributed by atoms with Crippen LogP contribution < -0.4 is 10.6 Å². The molecule has 0 saturated carbocycles. The Morgan fingerprint density at radius 1 is 1.35 bits per heavy atom. The second-order valence-electron chi connectivity index (χ2n) is 6.76. The fraction of sp³-hybridized carbons (Fsp3) is 0.688. The van der Waals surface area contributed by atoms with Crippen molar-refractivity contribution in [1.82, 2.24) is 25.3 Å². The van der Waals surface area contributed by atoms with Crippen LogP contribution in [-0.2, 0) is 18.3 Å². The first kappa shape index (κ1) is 17.5. The number of hydrogen-bond acceptors (Lipinski definition) is 4. The van der Waals surface area contributed by atoms with Gasteiger partial charge in [-0.1, -0.05) is 13.8 Å². The van der Waals surface area contributed by atoms with Crippen molar-refractivity contribution in [3.63, 3.8) is 0 Å². The Balaban J connectivity index is 2.09. The maximum Gasteiger partial charge on any atom is 0.269 e. The van der Waals surface area contributed by atoms with Crippen molar-refractivity contribution in [2.45, 2.75) is 26.3 Å². The summed E-state index contributed by atoms with van der Waals surface area (Å²) in [7, 11) is 5.35. The van der Waals surface area contributed by atoms with Crippen LogP contribution in [0.1, 0.15) is 30.0 Å². The lowest BCUT2D eigenvalue weighted by atomic mass is 10.0. The first-order valence-electron chi connectivity index (χ1n) is 8.05. The Hall–Kier alpha value is -1.89. The molecule has 7 heteroatoms. The maximum atomic E-state index is 12.6. The molecule has 128 valence electrons. The number of nitrogens with zero attached hydrogens (tertiary/aromatic N) is 3. The number of rotatable bonds is 5. The van der Waals surface area contributed by atoms with E-state index in [1.165, 1.54) is 0 Å². The first-order chi connectivity index (χ1) is 10.8. The third kappa shape index (κ3) is 4.10. The number of hydrogen-bond donors (Lipinski definition) is 2. The second-order valence-corrected chi connectivity index (χ2v) is 6.76. The molecule has 1 fully saturated rings. The molecule has 1 aliphatic heterocycles. The monoisotopic (exact) mass is 321 g/mol. The number of carbonyl (C=O) groups excluding carboxylic acids is 2. The molecule has 2 atom stereocenters. The number of aromatic nitrogens is 2. The van der Waals surface area contributed by atoms with Gasteiger partial charge in [0.15, 0.2) is 0 Å². The van der Waals surface area contributed by atoms with Crippen molar-refractivity contribution in [3.8, 4) is 0 Å². The lowest BCUT2D eigenvalue weighted by Gasteiger charge is -2.18. The molecule has 1 saturated heterocycles. The zero-order valence-corrected chi connectivity index (χ0v) is 14.6. The van der Waals surface area contributed by atoms with Crippen molar-refractivity contribution >= 4 is 11.8 Å². The predicted molar refractivity (Wildman–Crippen MR) is 88.1 cm³/mol. The molecule has 1 aromatic rings. The van der Waals surface area contributed by atoms with E-state index in [1.807, 2.05) is 13.1 Å². The van der Waals surface area contributed by atoms with Crippen LogP contribution in [0.3, 0.4) is 0 Å². The van der Waals surface area contributed by atoms with Crippen LogP contribution in [0.2, 0.25) is 0 Å². The Morgan fingerprint density at radius 2 is 2.04 bits per heavy atom. The van der Waals surface area contributed by atoms with Gasteiger partial charge in [-0.05, 0) is 25.5 Å². The summed E-state index contributed by atoms with van der Waals surface area (Å²) in [5.41, 5.74) is 1.45. The zero-order chi connectivity index (χ0) is 17.1. The molecular weight excluding hydrogens is 294 g/mol. The third-order valence-electron chi connectivity index (χ3n) is 4.18. The number of carbonyl (C=O) groups is 2. The van der Waals surface area contributed by atoms with Crippen LogP contribution in [0.15, 0.2) is 6.07 Å². The average Bonchev–Trinajstić information content (AvgIpc) is 3.00. The fourth-order valence-electron chi connectivity index (χ4n) is 3.10. The lowest BCUT2D eigenvalue weighted by Crippen LogP contribution is -2.45. The number of nitrogens with one attached hydrogen (secondary N) is 2. The molecule has 2 amide bonds. The molecule has 0 bridgehead atoms. The number of amides is 2. The third-order valence-corrected chi connectivity index (χ3v) is 4.18. The number of aryl methyl sites for hydroxylation is 1. The Kier molecular flexibility index (Phi) is 5.41. The van der Waals surface area contributed by atoms with E-state index in [9.17, 15) is 9.59 Å². The standard InChI is InChI=1S/C16H27N5O2/c1-10(2)6-11-7-14(21(5)19-11)16(23)18-13-9-20(4)8-12(13)15(22)17-3/h7,10,12-13H,6,8-9H2,1-5H3,(H,17,22)(H,18,23)/t12-,13+/m1/s1. The number of likely N-dealkylation sites (N-methyl/N-ethyl adjacent to an activating group) is 1. The van der Waals surface area contributed by atoms with E-state index >= 15 is 0 Å². The molecule has 0 aromatic carbocycles. The quantitative estimate of drug-likeness (QED) is 0.802. The highest BCUT2D eigenvalue weighted by Gasteiger charge is 2.37. The Bertz CT molecular complexity index is 581. The summed E-state index contributed by atoms with van der Waals surface area (Å²) in [5, 5.41) is 10.1. The molecule has 2 heterocycles. The summed E-state index contributed by atoms with van der Waals surface area (Å²) < 4.78 is 1.61. The van der Waals surface area contributed by atoms with Crippen LogP contribution in [-0.4, -0.2) is 59.7 Å². The minimum absolute atomic E-state index is 0.0369. The minimum Gasteiger partial charge on any atom is -0.359 e. The van der Waals surface area contributed by atoms with E-state index in [1.54, 1.807) is 18.8 Å². The van der Waals surface area contributed by atoms with E-state index < -0.39 is 0 Å². The molecule has 2 rings (SSSR count). The zero-order valence-electron chi connectivity index (χ0n) is 14.6. The van der Waals surface area contributed by atoms with Crippen LogP contribution in [0.5, 0.6) is 0 Å². The van der Waals surface area contributed by atoms with Gasteiger partial charge in [-0.3, -0.25) is 14.3 Å². The largest absolute Gasteiger partial charge is 0.359 e. The summed E-state index contributed by atoms with van der Waals surface area (Å²) in [4.78, 5) is 26.6. The van der Waals surface area contributed by atoms with Crippen LogP contribution >= 0.6 is 0 Å². The summed E-state index contributed by atoms with van der Waals surface area (Å²) in [6.45, 7) is 5.56. The average molecular weight is 321 g/mol. The molecule has 1 aliphatic rings. The van der Waals surface area contributed by atoms with Gasteiger partial charge in [-0.25, -0.2) is 0 Å². The van der Waals surface area contributed by atoms with Gasteiger partial charge in [0.05, 0.1) is 17.7 Å². The summed E-state index contributed by atoms with van der Waals surface area (Å²) >= 11 is 0. The van der Waals surface area contributed by atoms with Gasteiger partial charge in [0.25, 0.3) is 5.91 Å². The smallest absolute Gasteiger partial charge is 0.269 e. The van der Waals surface area contributed by atoms with Gasteiger partial charge < -0.3 is 15.5 Å². The first-order valence-corrected chi connectivity index (χ1v) is 8.05. The van der Waals surface area contributed by atoms with Crippen molar-refractivity contribution in [2.24, 2.45) is 18.9 Å². The van der Waals surface area contributed by atoms with E-state index in [0.717, 1.165) is 12.1 Å².